The SMILES string of the molecule is CCn1nc(C)c(Br)c1CNCc1cnc(C)s1. The van der Waals surface area contributed by atoms with Crippen LogP contribution in [-0.2, 0) is 19.6 Å². The van der Waals surface area contributed by atoms with Crippen molar-refractivity contribution in [2.75, 3.05) is 0 Å². The van der Waals surface area contributed by atoms with Crippen molar-refractivity contribution in [3.8, 4) is 0 Å². The van der Waals surface area contributed by atoms with Crippen LogP contribution in [0.4, 0.5) is 0 Å². The van der Waals surface area contributed by atoms with E-state index in [9.17, 15) is 0 Å². The van der Waals surface area contributed by atoms with Crippen LogP contribution in [0.25, 0.3) is 0 Å². The minimum atomic E-state index is 0.812. The highest BCUT2D eigenvalue weighted by molar-refractivity contribution is 9.10. The largest absolute Gasteiger partial charge is 0.306 e. The predicted octanol–water partition coefficient (Wildman–Crippen LogP) is 3.03. The van der Waals surface area contributed by atoms with Gasteiger partial charge in [0, 0.05) is 30.7 Å². The Balaban J connectivity index is 1.98. The lowest BCUT2D eigenvalue weighted by Gasteiger charge is -2.06. The summed E-state index contributed by atoms with van der Waals surface area (Å²) in [6.45, 7) is 8.71. The maximum absolute atomic E-state index is 4.48. The van der Waals surface area contributed by atoms with Crippen LogP contribution in [0.1, 0.15) is 28.2 Å². The van der Waals surface area contributed by atoms with Crippen molar-refractivity contribution in [1.29, 1.82) is 0 Å². The van der Waals surface area contributed by atoms with Crippen LogP contribution in [0.5, 0.6) is 0 Å². The molecule has 0 aliphatic rings. The van der Waals surface area contributed by atoms with Crippen molar-refractivity contribution >= 4 is 27.3 Å². The Bertz CT molecular complexity index is 532. The van der Waals surface area contributed by atoms with Gasteiger partial charge >= 0.3 is 0 Å². The van der Waals surface area contributed by atoms with E-state index in [2.05, 4.69) is 38.3 Å². The molecule has 0 radical (unpaired) electrons. The molecule has 0 spiro atoms. The molecule has 6 heteroatoms. The maximum atomic E-state index is 4.48. The predicted molar refractivity (Wildman–Crippen MR) is 77.7 cm³/mol. The first kappa shape index (κ1) is 13.7. The lowest BCUT2D eigenvalue weighted by atomic mass is 10.3. The summed E-state index contributed by atoms with van der Waals surface area (Å²) in [5.74, 6) is 0. The summed E-state index contributed by atoms with van der Waals surface area (Å²) in [5.41, 5.74) is 2.25. The average Bonchev–Trinajstić information content (AvgIpc) is 2.87. The van der Waals surface area contributed by atoms with Gasteiger partial charge in [0.25, 0.3) is 0 Å². The number of nitrogens with zero attached hydrogens (tertiary/aromatic N) is 3. The zero-order valence-corrected chi connectivity index (χ0v) is 13.2. The Morgan fingerprint density at radius 2 is 2.17 bits per heavy atom. The van der Waals surface area contributed by atoms with E-state index >= 15 is 0 Å². The standard InChI is InChI=1S/C12H17BrN4S/c1-4-17-11(12(13)8(2)16-17)7-14-5-10-6-15-9(3)18-10/h6,14H,4-5,7H2,1-3H3. The third-order valence-electron chi connectivity index (χ3n) is 2.71. The molecular formula is C12H17BrN4S. The van der Waals surface area contributed by atoms with E-state index in [1.54, 1.807) is 11.3 Å². The minimum Gasteiger partial charge on any atom is -0.306 e. The zero-order chi connectivity index (χ0) is 13.1. The lowest BCUT2D eigenvalue weighted by molar-refractivity contribution is 0.579. The van der Waals surface area contributed by atoms with Crippen LogP contribution in [0.2, 0.25) is 0 Å². The number of rotatable bonds is 5. The Hall–Kier alpha value is -0.720. The minimum absolute atomic E-state index is 0.812. The highest BCUT2D eigenvalue weighted by atomic mass is 79.9. The number of hydrogen-bond donors (Lipinski definition) is 1. The second kappa shape index (κ2) is 5.95. The molecule has 0 aromatic carbocycles. The van der Waals surface area contributed by atoms with Gasteiger partial charge in [-0.25, -0.2) is 4.98 Å². The van der Waals surface area contributed by atoms with Crippen molar-refractivity contribution in [1.82, 2.24) is 20.1 Å². The molecule has 2 aromatic rings. The van der Waals surface area contributed by atoms with Crippen molar-refractivity contribution in [2.45, 2.75) is 40.4 Å². The zero-order valence-electron chi connectivity index (χ0n) is 10.8. The number of halogens is 1. The normalized spacial score (nSPS) is 11.1. The van der Waals surface area contributed by atoms with Crippen LogP contribution >= 0.6 is 27.3 Å². The highest BCUT2D eigenvalue weighted by Crippen LogP contribution is 2.21. The van der Waals surface area contributed by atoms with Gasteiger partial charge in [0.2, 0.25) is 0 Å². The summed E-state index contributed by atoms with van der Waals surface area (Å²) in [6.07, 6.45) is 1.93. The van der Waals surface area contributed by atoms with Crippen LogP contribution in [-0.4, -0.2) is 14.8 Å². The monoisotopic (exact) mass is 328 g/mol. The molecule has 0 fully saturated rings. The fraction of sp³-hybridized carbons (Fsp3) is 0.500. The molecule has 1 N–H and O–H groups in total. The molecule has 2 heterocycles. The van der Waals surface area contributed by atoms with Crippen LogP contribution < -0.4 is 5.32 Å². The first-order valence-corrected chi connectivity index (χ1v) is 7.56. The summed E-state index contributed by atoms with van der Waals surface area (Å²) < 4.78 is 3.14. The summed E-state index contributed by atoms with van der Waals surface area (Å²) in [7, 11) is 0. The van der Waals surface area contributed by atoms with Crippen molar-refractivity contribution < 1.29 is 0 Å². The Labute approximate surface area is 120 Å². The fourth-order valence-corrected chi connectivity index (χ4v) is 3.02. The third-order valence-corrected chi connectivity index (χ3v) is 4.66. The molecule has 18 heavy (non-hydrogen) atoms. The molecule has 0 saturated heterocycles. The molecule has 2 aromatic heterocycles. The Morgan fingerprint density at radius 3 is 2.78 bits per heavy atom. The topological polar surface area (TPSA) is 42.7 Å². The molecule has 0 unspecified atom stereocenters. The third kappa shape index (κ3) is 2.99. The number of hydrogen-bond acceptors (Lipinski definition) is 4. The van der Waals surface area contributed by atoms with E-state index in [1.165, 1.54) is 10.6 Å². The second-order valence-electron chi connectivity index (χ2n) is 4.11. The van der Waals surface area contributed by atoms with Gasteiger partial charge in [-0.3, -0.25) is 4.68 Å². The molecule has 2 rings (SSSR count). The molecule has 98 valence electrons. The van der Waals surface area contributed by atoms with Gasteiger partial charge in [-0.1, -0.05) is 0 Å². The van der Waals surface area contributed by atoms with Gasteiger partial charge in [-0.2, -0.15) is 5.10 Å². The molecule has 0 saturated carbocycles. The van der Waals surface area contributed by atoms with E-state index < -0.39 is 0 Å². The number of thiazole rings is 1. The summed E-state index contributed by atoms with van der Waals surface area (Å²) in [4.78, 5) is 5.52. The molecule has 4 nitrogen and oxygen atoms in total. The summed E-state index contributed by atoms with van der Waals surface area (Å²) in [5, 5.41) is 9.03. The van der Waals surface area contributed by atoms with E-state index in [0.717, 1.165) is 34.8 Å². The highest BCUT2D eigenvalue weighted by Gasteiger charge is 2.11. The quantitative estimate of drug-likeness (QED) is 0.917. The molecule has 0 amide bonds. The number of aromatic nitrogens is 3. The molecular weight excluding hydrogens is 312 g/mol. The van der Waals surface area contributed by atoms with Gasteiger partial charge < -0.3 is 5.32 Å². The lowest BCUT2D eigenvalue weighted by Crippen LogP contribution is -2.16. The Kier molecular flexibility index (Phi) is 4.53. The molecule has 0 aliphatic carbocycles. The van der Waals surface area contributed by atoms with Gasteiger partial charge in [0.15, 0.2) is 0 Å². The smallest absolute Gasteiger partial charge is 0.0897 e. The van der Waals surface area contributed by atoms with Crippen LogP contribution in [0.3, 0.4) is 0 Å². The second-order valence-corrected chi connectivity index (χ2v) is 6.22. The number of aryl methyl sites for hydroxylation is 3. The van der Waals surface area contributed by atoms with Crippen molar-refractivity contribution in [3.05, 3.63) is 31.9 Å². The average molecular weight is 329 g/mol. The first-order chi connectivity index (χ1) is 8.61. The van der Waals surface area contributed by atoms with Crippen molar-refractivity contribution in [3.63, 3.8) is 0 Å². The van der Waals surface area contributed by atoms with E-state index in [0.29, 0.717) is 0 Å². The fourth-order valence-electron chi connectivity index (χ4n) is 1.83. The van der Waals surface area contributed by atoms with Gasteiger partial charge in [0.1, 0.15) is 0 Å². The van der Waals surface area contributed by atoms with E-state index in [1.807, 2.05) is 24.7 Å². The van der Waals surface area contributed by atoms with Crippen molar-refractivity contribution in [2.24, 2.45) is 0 Å². The van der Waals surface area contributed by atoms with Crippen LogP contribution in [0, 0.1) is 13.8 Å². The van der Waals surface area contributed by atoms with Gasteiger partial charge in [0.05, 0.1) is 20.9 Å². The molecule has 0 aliphatic heterocycles. The summed E-state index contributed by atoms with van der Waals surface area (Å²) in [6, 6.07) is 0. The van der Waals surface area contributed by atoms with E-state index in [4.69, 9.17) is 0 Å². The maximum Gasteiger partial charge on any atom is 0.0897 e. The molecule has 0 bridgehead atoms. The van der Waals surface area contributed by atoms with Crippen LogP contribution in [0.15, 0.2) is 10.7 Å². The van der Waals surface area contributed by atoms with E-state index in [-0.39, 0.29) is 0 Å². The molecule has 0 atom stereocenters. The van der Waals surface area contributed by atoms with Gasteiger partial charge in [-0.05, 0) is 36.7 Å². The number of nitrogens with one attached hydrogen (secondary N) is 1. The van der Waals surface area contributed by atoms with Gasteiger partial charge in [-0.15, -0.1) is 11.3 Å². The first-order valence-electron chi connectivity index (χ1n) is 5.95. The summed E-state index contributed by atoms with van der Waals surface area (Å²) >= 11 is 5.33. The Morgan fingerprint density at radius 1 is 1.39 bits per heavy atom.